The Morgan fingerprint density at radius 1 is 1.11 bits per heavy atom. The minimum absolute atomic E-state index is 0.120. The highest BCUT2D eigenvalue weighted by Crippen LogP contribution is 2.53. The molecule has 4 atom stereocenters. The Morgan fingerprint density at radius 2 is 1.75 bits per heavy atom. The van der Waals surface area contributed by atoms with Gasteiger partial charge in [0.05, 0.1) is 17.5 Å². The van der Waals surface area contributed by atoms with Crippen molar-refractivity contribution in [2.24, 2.45) is 23.7 Å². The summed E-state index contributed by atoms with van der Waals surface area (Å²) in [5.41, 5.74) is 0.947. The van der Waals surface area contributed by atoms with Crippen LogP contribution in [0.1, 0.15) is 28.7 Å². The van der Waals surface area contributed by atoms with Gasteiger partial charge in [-0.2, -0.15) is 0 Å². The minimum atomic E-state index is -0.302. The van der Waals surface area contributed by atoms with Gasteiger partial charge in [0.15, 0.2) is 0 Å². The summed E-state index contributed by atoms with van der Waals surface area (Å²) in [5, 5.41) is 11.9. The molecule has 8 heteroatoms. The summed E-state index contributed by atoms with van der Waals surface area (Å²) in [5.74, 6) is -0.632. The molecule has 0 unspecified atom stereocenters. The number of carbonyl (C=O) groups is 3. The van der Waals surface area contributed by atoms with Gasteiger partial charge in [0.25, 0.3) is 5.91 Å². The fourth-order valence-electron chi connectivity index (χ4n) is 4.53. The van der Waals surface area contributed by atoms with Crippen molar-refractivity contribution >= 4 is 39.9 Å². The van der Waals surface area contributed by atoms with Crippen LogP contribution >= 0.6 is 11.3 Å². The number of aromatic nitrogens is 2. The smallest absolute Gasteiger partial charge is 0.257 e. The van der Waals surface area contributed by atoms with Crippen LogP contribution in [0.4, 0.5) is 10.8 Å². The first-order chi connectivity index (χ1) is 13.6. The number of benzene rings is 1. The van der Waals surface area contributed by atoms with Gasteiger partial charge >= 0.3 is 0 Å². The third-order valence-electron chi connectivity index (χ3n) is 5.85. The zero-order chi connectivity index (χ0) is 19.4. The monoisotopic (exact) mass is 394 g/mol. The van der Waals surface area contributed by atoms with E-state index in [0.29, 0.717) is 16.4 Å². The number of fused-ring (bicyclic) bond motifs is 5. The summed E-state index contributed by atoms with van der Waals surface area (Å²) >= 11 is 1.34. The topological polar surface area (TPSA) is 92.3 Å². The highest BCUT2D eigenvalue weighted by molar-refractivity contribution is 7.15. The molecular formula is C20H18N4O3S. The Kier molecular flexibility index (Phi) is 3.90. The standard InChI is InChI=1S/C20H18N4O3S/c1-2-14-22-23-20(28-14)21-17(25)10-5-7-13(8-6-10)24-18(26)15-11-3-4-12(9-11)16(15)19(24)27/h3-8,11-12,15-16H,2,9H2,1H3,(H,21,23,25)/t11-,12-,15-,16-/m0/s1. The molecule has 2 aliphatic carbocycles. The molecule has 2 bridgehead atoms. The molecule has 1 saturated heterocycles. The molecule has 5 rings (SSSR count). The number of nitrogens with zero attached hydrogens (tertiary/aromatic N) is 3. The zero-order valence-electron chi connectivity index (χ0n) is 15.2. The van der Waals surface area contributed by atoms with Crippen molar-refractivity contribution in [3.63, 3.8) is 0 Å². The Hall–Kier alpha value is -2.87. The van der Waals surface area contributed by atoms with Gasteiger partial charge in [0.2, 0.25) is 16.9 Å². The van der Waals surface area contributed by atoms with E-state index >= 15 is 0 Å². The molecule has 2 fully saturated rings. The van der Waals surface area contributed by atoms with Crippen LogP contribution in [0.25, 0.3) is 0 Å². The molecule has 0 radical (unpaired) electrons. The number of anilines is 2. The Balaban J connectivity index is 1.33. The van der Waals surface area contributed by atoms with Gasteiger partial charge in [-0.1, -0.05) is 30.4 Å². The van der Waals surface area contributed by atoms with Crippen molar-refractivity contribution in [3.05, 3.63) is 47.0 Å². The molecule has 28 heavy (non-hydrogen) atoms. The highest BCUT2D eigenvalue weighted by Gasteiger charge is 2.59. The van der Waals surface area contributed by atoms with Crippen molar-refractivity contribution in [3.8, 4) is 0 Å². The lowest BCUT2D eigenvalue weighted by Gasteiger charge is -2.17. The van der Waals surface area contributed by atoms with Crippen LogP contribution in [0, 0.1) is 23.7 Å². The van der Waals surface area contributed by atoms with Crippen molar-refractivity contribution in [2.45, 2.75) is 19.8 Å². The predicted molar refractivity (Wildman–Crippen MR) is 104 cm³/mol. The van der Waals surface area contributed by atoms with Crippen LogP contribution in [0.5, 0.6) is 0 Å². The summed E-state index contributed by atoms with van der Waals surface area (Å²) in [6.45, 7) is 1.97. The number of carbonyl (C=O) groups excluding carboxylic acids is 3. The van der Waals surface area contributed by atoms with Gasteiger partial charge in [-0.15, -0.1) is 10.2 Å². The largest absolute Gasteiger partial charge is 0.296 e. The van der Waals surface area contributed by atoms with E-state index in [1.54, 1.807) is 24.3 Å². The summed E-state index contributed by atoms with van der Waals surface area (Å²) < 4.78 is 0. The second-order valence-electron chi connectivity index (χ2n) is 7.37. The first-order valence-corrected chi connectivity index (χ1v) is 10.2. The number of imide groups is 1. The maximum atomic E-state index is 12.9. The van der Waals surface area contributed by atoms with Crippen LogP contribution < -0.4 is 10.2 Å². The summed E-state index contributed by atoms with van der Waals surface area (Å²) in [6, 6.07) is 6.54. The lowest BCUT2D eigenvalue weighted by atomic mass is 9.85. The van der Waals surface area contributed by atoms with Gasteiger partial charge in [0, 0.05) is 5.56 Å². The minimum Gasteiger partial charge on any atom is -0.296 e. The van der Waals surface area contributed by atoms with E-state index in [1.165, 1.54) is 16.2 Å². The lowest BCUT2D eigenvalue weighted by Crippen LogP contribution is -2.32. The van der Waals surface area contributed by atoms with E-state index in [1.807, 2.05) is 6.92 Å². The highest BCUT2D eigenvalue weighted by atomic mass is 32.1. The second-order valence-corrected chi connectivity index (χ2v) is 8.43. The van der Waals surface area contributed by atoms with Crippen molar-refractivity contribution in [1.82, 2.24) is 10.2 Å². The van der Waals surface area contributed by atoms with Gasteiger partial charge in [-0.05, 0) is 48.9 Å². The van der Waals surface area contributed by atoms with Gasteiger partial charge in [-0.3, -0.25) is 24.6 Å². The van der Waals surface area contributed by atoms with Crippen molar-refractivity contribution < 1.29 is 14.4 Å². The number of aryl methyl sites for hydroxylation is 1. The fraction of sp³-hybridized carbons (Fsp3) is 0.350. The van der Waals surface area contributed by atoms with E-state index < -0.39 is 0 Å². The first-order valence-electron chi connectivity index (χ1n) is 9.36. The van der Waals surface area contributed by atoms with Crippen molar-refractivity contribution in [2.75, 3.05) is 10.2 Å². The molecule has 1 aliphatic heterocycles. The van der Waals surface area contributed by atoms with Gasteiger partial charge in [-0.25, -0.2) is 0 Å². The third kappa shape index (κ3) is 2.51. The molecule has 1 saturated carbocycles. The molecule has 3 amide bonds. The Bertz CT molecular complexity index is 983. The Morgan fingerprint density at radius 3 is 2.32 bits per heavy atom. The summed E-state index contributed by atoms with van der Waals surface area (Å²) in [6.07, 6.45) is 5.82. The van der Waals surface area contributed by atoms with E-state index in [4.69, 9.17) is 0 Å². The van der Waals surface area contributed by atoms with Crippen molar-refractivity contribution in [1.29, 1.82) is 0 Å². The molecule has 1 aromatic carbocycles. The molecule has 3 aliphatic rings. The Labute approximate surface area is 165 Å². The normalized spacial score (nSPS) is 27.5. The predicted octanol–water partition coefficient (Wildman–Crippen LogP) is 2.66. The average Bonchev–Trinajstić information content (AvgIpc) is 3.47. The molecule has 2 aromatic rings. The summed E-state index contributed by atoms with van der Waals surface area (Å²) in [4.78, 5) is 39.4. The van der Waals surface area contributed by atoms with Crippen LogP contribution in [0.3, 0.4) is 0 Å². The molecule has 1 N–H and O–H groups in total. The SMILES string of the molecule is CCc1nnc(NC(=O)c2ccc(N3C(=O)[C@@H]4[C@@H](C3=O)[C@H]3C=C[C@H]4C3)cc2)s1. The zero-order valence-corrected chi connectivity index (χ0v) is 16.0. The number of hydrogen-bond donors (Lipinski definition) is 1. The van der Waals surface area contributed by atoms with Gasteiger partial charge in [0.1, 0.15) is 5.01 Å². The number of hydrogen-bond acceptors (Lipinski definition) is 6. The maximum absolute atomic E-state index is 12.9. The number of nitrogens with one attached hydrogen (secondary N) is 1. The lowest BCUT2D eigenvalue weighted by molar-refractivity contribution is -0.123. The van der Waals surface area contributed by atoms with Crippen LogP contribution in [-0.4, -0.2) is 27.9 Å². The van der Waals surface area contributed by atoms with E-state index in [0.717, 1.165) is 17.8 Å². The second kappa shape index (κ2) is 6.34. The number of allylic oxidation sites excluding steroid dienone is 2. The van der Waals surface area contributed by atoms with Crippen LogP contribution in [-0.2, 0) is 16.0 Å². The van der Waals surface area contributed by atoms with Crippen LogP contribution in [0.2, 0.25) is 0 Å². The maximum Gasteiger partial charge on any atom is 0.257 e. The quantitative estimate of drug-likeness (QED) is 0.636. The molecule has 142 valence electrons. The average molecular weight is 394 g/mol. The number of rotatable bonds is 4. The first kappa shape index (κ1) is 17.2. The molecule has 0 spiro atoms. The summed E-state index contributed by atoms with van der Waals surface area (Å²) in [7, 11) is 0. The number of amides is 3. The fourth-order valence-corrected chi connectivity index (χ4v) is 5.21. The van der Waals surface area contributed by atoms with Gasteiger partial charge < -0.3 is 0 Å². The molecule has 7 nitrogen and oxygen atoms in total. The van der Waals surface area contributed by atoms with E-state index in [9.17, 15) is 14.4 Å². The van der Waals surface area contributed by atoms with E-state index in [-0.39, 0.29) is 41.4 Å². The van der Waals surface area contributed by atoms with Crippen LogP contribution in [0.15, 0.2) is 36.4 Å². The molecule has 1 aromatic heterocycles. The third-order valence-corrected chi connectivity index (χ3v) is 6.83. The molecule has 2 heterocycles. The molecular weight excluding hydrogens is 376 g/mol. The van der Waals surface area contributed by atoms with E-state index in [2.05, 4.69) is 27.7 Å².